The van der Waals surface area contributed by atoms with Gasteiger partial charge in [0.2, 0.25) is 5.88 Å². The van der Waals surface area contributed by atoms with Gasteiger partial charge in [-0.2, -0.15) is 0 Å². The number of hydrogen-bond acceptors (Lipinski definition) is 7. The lowest BCUT2D eigenvalue weighted by Gasteiger charge is -2.31. The van der Waals surface area contributed by atoms with Gasteiger partial charge in [0.25, 0.3) is 0 Å². The second kappa shape index (κ2) is 7.87. The molecular formula is C17H23N3O5. The number of nitrogens with zero attached hydrogens (tertiary/aromatic N) is 2. The standard InChI is InChI=1S/C17H23N3O5/c1-17(2,3)13(7-10-23-16(18)21)24-15-14(12-6-9-20-25-12)11(22-4)5-8-19-15/h5-6,8-9,13H,7,10H2,1-4H3,(H2,18,21). The van der Waals surface area contributed by atoms with Gasteiger partial charge in [-0.05, 0) is 11.5 Å². The molecule has 0 aromatic carbocycles. The van der Waals surface area contributed by atoms with E-state index in [0.717, 1.165) is 0 Å². The highest BCUT2D eigenvalue weighted by Gasteiger charge is 2.29. The molecule has 8 nitrogen and oxygen atoms in total. The topological polar surface area (TPSA) is 110 Å². The lowest BCUT2D eigenvalue weighted by Crippen LogP contribution is -2.34. The second-order valence-electron chi connectivity index (χ2n) is 6.50. The Morgan fingerprint density at radius 3 is 2.64 bits per heavy atom. The van der Waals surface area contributed by atoms with Gasteiger partial charge in [-0.15, -0.1) is 0 Å². The Bertz CT molecular complexity index is 695. The van der Waals surface area contributed by atoms with E-state index in [4.69, 9.17) is 24.5 Å². The fourth-order valence-electron chi connectivity index (χ4n) is 2.33. The molecule has 0 saturated heterocycles. The molecule has 0 bridgehead atoms. The lowest BCUT2D eigenvalue weighted by molar-refractivity contribution is 0.0528. The molecule has 0 fully saturated rings. The van der Waals surface area contributed by atoms with Gasteiger partial charge in [-0.3, -0.25) is 0 Å². The van der Waals surface area contributed by atoms with E-state index in [9.17, 15) is 4.79 Å². The van der Waals surface area contributed by atoms with E-state index in [1.165, 1.54) is 6.20 Å². The Kier molecular flexibility index (Phi) is 5.84. The smallest absolute Gasteiger partial charge is 0.404 e. The van der Waals surface area contributed by atoms with Crippen LogP contribution in [0.1, 0.15) is 27.2 Å². The van der Waals surface area contributed by atoms with Gasteiger partial charge in [0, 0.05) is 18.7 Å². The first-order valence-electron chi connectivity index (χ1n) is 7.86. The van der Waals surface area contributed by atoms with Gasteiger partial charge in [-0.1, -0.05) is 25.9 Å². The molecule has 25 heavy (non-hydrogen) atoms. The van der Waals surface area contributed by atoms with Crippen LogP contribution < -0.4 is 15.2 Å². The maximum Gasteiger partial charge on any atom is 0.404 e. The number of ether oxygens (including phenoxy) is 3. The largest absolute Gasteiger partial charge is 0.496 e. The summed E-state index contributed by atoms with van der Waals surface area (Å²) in [6.07, 6.45) is 2.49. The fraction of sp³-hybridized carbons (Fsp3) is 0.471. The summed E-state index contributed by atoms with van der Waals surface area (Å²) in [5.41, 5.74) is 5.36. The monoisotopic (exact) mass is 349 g/mol. The van der Waals surface area contributed by atoms with Crippen LogP contribution in [0.4, 0.5) is 4.79 Å². The zero-order valence-electron chi connectivity index (χ0n) is 14.8. The van der Waals surface area contributed by atoms with Gasteiger partial charge >= 0.3 is 6.09 Å². The molecule has 2 heterocycles. The average Bonchev–Trinajstić information content (AvgIpc) is 3.06. The molecule has 136 valence electrons. The van der Waals surface area contributed by atoms with Crippen LogP contribution in [0.3, 0.4) is 0 Å². The Morgan fingerprint density at radius 1 is 1.32 bits per heavy atom. The highest BCUT2D eigenvalue weighted by atomic mass is 16.5. The van der Waals surface area contributed by atoms with Crippen molar-refractivity contribution >= 4 is 6.09 Å². The second-order valence-corrected chi connectivity index (χ2v) is 6.50. The number of primary amides is 1. The minimum atomic E-state index is -0.811. The minimum absolute atomic E-state index is 0.152. The number of carbonyl (C=O) groups is 1. The molecule has 1 amide bonds. The van der Waals surface area contributed by atoms with Crippen molar-refractivity contribution in [3.05, 3.63) is 24.5 Å². The molecule has 2 aromatic heterocycles. The summed E-state index contributed by atoms with van der Waals surface area (Å²) in [5, 5.41) is 3.73. The quantitative estimate of drug-likeness (QED) is 0.818. The molecule has 0 saturated carbocycles. The number of nitrogens with two attached hydrogens (primary N) is 1. The van der Waals surface area contributed by atoms with E-state index in [1.807, 2.05) is 20.8 Å². The maximum atomic E-state index is 10.8. The number of methoxy groups -OCH3 is 1. The van der Waals surface area contributed by atoms with E-state index < -0.39 is 6.09 Å². The molecule has 1 atom stereocenters. The molecule has 0 aliphatic carbocycles. The van der Waals surface area contributed by atoms with Crippen LogP contribution in [-0.2, 0) is 4.74 Å². The zero-order valence-corrected chi connectivity index (χ0v) is 14.8. The van der Waals surface area contributed by atoms with E-state index >= 15 is 0 Å². The van der Waals surface area contributed by atoms with E-state index in [1.54, 1.807) is 25.4 Å². The van der Waals surface area contributed by atoms with E-state index in [2.05, 4.69) is 10.1 Å². The average molecular weight is 349 g/mol. The number of hydrogen-bond donors (Lipinski definition) is 1. The summed E-state index contributed by atoms with van der Waals surface area (Å²) in [6.45, 7) is 6.22. The molecule has 2 aromatic rings. The lowest BCUT2D eigenvalue weighted by atomic mass is 9.87. The maximum absolute atomic E-state index is 10.8. The van der Waals surface area contributed by atoms with Gasteiger partial charge in [0.1, 0.15) is 17.4 Å². The van der Waals surface area contributed by atoms with Crippen LogP contribution in [-0.4, -0.2) is 36.1 Å². The van der Waals surface area contributed by atoms with E-state index in [0.29, 0.717) is 29.4 Å². The number of amides is 1. The van der Waals surface area contributed by atoms with Gasteiger partial charge < -0.3 is 24.5 Å². The first kappa shape index (κ1) is 18.6. The van der Waals surface area contributed by atoms with Crippen LogP contribution >= 0.6 is 0 Å². The third kappa shape index (κ3) is 4.85. The highest BCUT2D eigenvalue weighted by Crippen LogP contribution is 2.38. The predicted octanol–water partition coefficient (Wildman–Crippen LogP) is 3.02. The van der Waals surface area contributed by atoms with Crippen LogP contribution in [0.15, 0.2) is 29.0 Å². The van der Waals surface area contributed by atoms with Crippen molar-refractivity contribution in [1.29, 1.82) is 0 Å². The van der Waals surface area contributed by atoms with Crippen molar-refractivity contribution < 1.29 is 23.5 Å². The van der Waals surface area contributed by atoms with Crippen molar-refractivity contribution in [3.8, 4) is 23.0 Å². The van der Waals surface area contributed by atoms with Crippen molar-refractivity contribution in [2.45, 2.75) is 33.3 Å². The number of carbonyl (C=O) groups excluding carboxylic acids is 1. The molecule has 0 aliphatic heterocycles. The van der Waals surface area contributed by atoms with Gasteiger partial charge in [-0.25, -0.2) is 9.78 Å². The third-order valence-corrected chi connectivity index (χ3v) is 3.63. The normalized spacial score (nSPS) is 12.5. The van der Waals surface area contributed by atoms with Gasteiger partial charge in [0.15, 0.2) is 5.76 Å². The predicted molar refractivity (Wildman–Crippen MR) is 90.3 cm³/mol. The van der Waals surface area contributed by atoms with Crippen LogP contribution in [0.2, 0.25) is 0 Å². The molecular weight excluding hydrogens is 326 g/mol. The first-order valence-corrected chi connectivity index (χ1v) is 7.86. The molecule has 0 spiro atoms. The molecule has 0 radical (unpaired) electrons. The van der Waals surface area contributed by atoms with Crippen molar-refractivity contribution in [2.75, 3.05) is 13.7 Å². The minimum Gasteiger partial charge on any atom is -0.496 e. The van der Waals surface area contributed by atoms with Crippen molar-refractivity contribution in [3.63, 3.8) is 0 Å². The van der Waals surface area contributed by atoms with Gasteiger partial charge in [0.05, 0.1) is 19.9 Å². The number of aromatic nitrogens is 2. The fourth-order valence-corrected chi connectivity index (χ4v) is 2.33. The molecule has 2 N–H and O–H groups in total. The Balaban J connectivity index is 2.31. The van der Waals surface area contributed by atoms with Crippen LogP contribution in [0, 0.1) is 5.41 Å². The molecule has 8 heteroatoms. The summed E-state index contributed by atoms with van der Waals surface area (Å²) in [6, 6.07) is 3.42. The summed E-state index contributed by atoms with van der Waals surface area (Å²) in [7, 11) is 1.56. The van der Waals surface area contributed by atoms with Crippen LogP contribution in [0.5, 0.6) is 11.6 Å². The van der Waals surface area contributed by atoms with Crippen LogP contribution in [0.25, 0.3) is 11.3 Å². The Morgan fingerprint density at radius 2 is 2.08 bits per heavy atom. The summed E-state index contributed by atoms with van der Waals surface area (Å²) in [4.78, 5) is 15.1. The molecule has 2 rings (SSSR count). The first-order chi connectivity index (χ1) is 11.8. The van der Waals surface area contributed by atoms with E-state index in [-0.39, 0.29) is 18.1 Å². The molecule has 0 aliphatic rings. The number of pyridine rings is 1. The molecule has 1 unspecified atom stereocenters. The number of rotatable bonds is 7. The summed E-state index contributed by atoms with van der Waals surface area (Å²) in [5.74, 6) is 1.40. The Hall–Kier alpha value is -2.77. The SMILES string of the molecule is COc1ccnc(OC(CCOC(N)=O)C(C)(C)C)c1-c1ccno1. The van der Waals surface area contributed by atoms with Crippen molar-refractivity contribution in [1.82, 2.24) is 10.1 Å². The van der Waals surface area contributed by atoms with Crippen molar-refractivity contribution in [2.24, 2.45) is 11.1 Å². The summed E-state index contributed by atoms with van der Waals surface area (Å²) < 4.78 is 21.6. The third-order valence-electron chi connectivity index (χ3n) is 3.63. The zero-order chi connectivity index (χ0) is 18.4. The summed E-state index contributed by atoms with van der Waals surface area (Å²) >= 11 is 0. The Labute approximate surface area is 146 Å². The highest BCUT2D eigenvalue weighted by molar-refractivity contribution is 5.70.